The monoisotopic (exact) mass is 414 g/mol. The van der Waals surface area contributed by atoms with Crippen LogP contribution in [0.4, 0.5) is 13.2 Å². The molecule has 3 aromatic rings. The lowest BCUT2D eigenvalue weighted by molar-refractivity contribution is -0.137. The van der Waals surface area contributed by atoms with Gasteiger partial charge in [-0.15, -0.1) is 0 Å². The number of benzene rings is 3. The molecule has 7 heteroatoms. The fourth-order valence-electron chi connectivity index (χ4n) is 2.55. The molecule has 0 radical (unpaired) electrons. The van der Waals surface area contributed by atoms with Crippen LogP contribution in [-0.4, -0.2) is 17.7 Å². The number of ether oxygens (including phenoxy) is 2. The highest BCUT2D eigenvalue weighted by Gasteiger charge is 2.29. The van der Waals surface area contributed by atoms with Crippen LogP contribution in [0.2, 0.25) is 0 Å². The first-order valence-corrected chi connectivity index (χ1v) is 8.90. The lowest BCUT2D eigenvalue weighted by atomic mass is 10.1. The van der Waals surface area contributed by atoms with Gasteiger partial charge in [0.1, 0.15) is 12.4 Å². The van der Waals surface area contributed by atoms with Gasteiger partial charge in [0, 0.05) is 0 Å². The van der Waals surface area contributed by atoms with Gasteiger partial charge in [0.25, 0.3) is 0 Å². The van der Waals surface area contributed by atoms with E-state index in [2.05, 4.69) is 0 Å². The first-order valence-electron chi connectivity index (χ1n) is 8.90. The summed E-state index contributed by atoms with van der Waals surface area (Å²) in [6.45, 7) is 0.180. The van der Waals surface area contributed by atoms with Gasteiger partial charge in [0.05, 0.1) is 11.1 Å². The van der Waals surface area contributed by atoms with Crippen molar-refractivity contribution in [3.05, 3.63) is 95.6 Å². The molecule has 0 spiro atoms. The predicted octanol–water partition coefficient (Wildman–Crippen LogP) is 6.29. The van der Waals surface area contributed by atoms with Crippen LogP contribution in [0.1, 0.15) is 21.5 Å². The molecule has 0 amide bonds. The van der Waals surface area contributed by atoms with Crippen LogP contribution in [0, 0.1) is 0 Å². The van der Waals surface area contributed by atoms with E-state index in [1.807, 2.05) is 0 Å². The Morgan fingerprint density at radius 2 is 1.53 bits per heavy atom. The summed E-state index contributed by atoms with van der Waals surface area (Å²) >= 11 is 0. The van der Waals surface area contributed by atoms with E-state index in [0.717, 1.165) is 12.1 Å². The SMILES string of the molecule is O=C(O)c1ccc(Oc2ccccc2OC/C=C/c2ccc(C(F)(F)F)cc2)cc1. The van der Waals surface area contributed by atoms with Crippen LogP contribution in [0.5, 0.6) is 17.2 Å². The third-order valence-corrected chi connectivity index (χ3v) is 4.06. The maximum Gasteiger partial charge on any atom is 0.416 e. The van der Waals surface area contributed by atoms with E-state index in [1.54, 1.807) is 48.6 Å². The summed E-state index contributed by atoms with van der Waals surface area (Å²) in [5, 5.41) is 8.94. The molecule has 30 heavy (non-hydrogen) atoms. The number of hydrogen-bond acceptors (Lipinski definition) is 3. The third kappa shape index (κ3) is 5.64. The zero-order valence-corrected chi connectivity index (χ0v) is 15.6. The highest BCUT2D eigenvalue weighted by atomic mass is 19.4. The van der Waals surface area contributed by atoms with Gasteiger partial charge in [0.2, 0.25) is 0 Å². The molecule has 0 heterocycles. The van der Waals surface area contributed by atoms with Crippen molar-refractivity contribution in [3.8, 4) is 17.2 Å². The summed E-state index contributed by atoms with van der Waals surface area (Å²) < 4.78 is 49.2. The van der Waals surface area contributed by atoms with E-state index in [9.17, 15) is 18.0 Å². The molecule has 4 nitrogen and oxygen atoms in total. The topological polar surface area (TPSA) is 55.8 Å². The molecule has 0 unspecified atom stereocenters. The van der Waals surface area contributed by atoms with Crippen molar-refractivity contribution in [1.29, 1.82) is 0 Å². The molecule has 0 saturated heterocycles. The number of halogens is 3. The second kappa shape index (κ2) is 9.17. The van der Waals surface area contributed by atoms with Gasteiger partial charge in [-0.05, 0) is 60.2 Å². The summed E-state index contributed by atoms with van der Waals surface area (Å²) in [6, 6.07) is 17.8. The van der Waals surface area contributed by atoms with Crippen LogP contribution in [0.15, 0.2) is 78.9 Å². The van der Waals surface area contributed by atoms with E-state index in [-0.39, 0.29) is 12.2 Å². The highest BCUT2D eigenvalue weighted by molar-refractivity contribution is 5.87. The van der Waals surface area contributed by atoms with Gasteiger partial charge in [-0.25, -0.2) is 4.79 Å². The molecule has 154 valence electrons. The lowest BCUT2D eigenvalue weighted by Crippen LogP contribution is -2.04. The predicted molar refractivity (Wildman–Crippen MR) is 106 cm³/mol. The second-order valence-electron chi connectivity index (χ2n) is 6.21. The van der Waals surface area contributed by atoms with Crippen LogP contribution in [0.3, 0.4) is 0 Å². The van der Waals surface area contributed by atoms with Gasteiger partial charge in [-0.1, -0.05) is 30.3 Å². The molecule has 0 fully saturated rings. The van der Waals surface area contributed by atoms with Crippen molar-refractivity contribution in [1.82, 2.24) is 0 Å². The highest BCUT2D eigenvalue weighted by Crippen LogP contribution is 2.32. The number of hydrogen-bond donors (Lipinski definition) is 1. The average molecular weight is 414 g/mol. The normalized spacial score (nSPS) is 11.4. The van der Waals surface area contributed by atoms with Crippen LogP contribution in [-0.2, 0) is 6.18 Å². The van der Waals surface area contributed by atoms with Crippen molar-refractivity contribution >= 4 is 12.0 Å². The van der Waals surface area contributed by atoms with Crippen molar-refractivity contribution in [2.24, 2.45) is 0 Å². The largest absolute Gasteiger partial charge is 0.486 e. The number of aromatic carboxylic acids is 1. The minimum atomic E-state index is -4.36. The standard InChI is InChI=1S/C23H17F3O4/c24-23(25,26)18-11-7-16(8-12-18)4-3-15-29-20-5-1-2-6-21(20)30-19-13-9-17(10-14-19)22(27)28/h1-14H,15H2,(H,27,28)/b4-3+. The van der Waals surface area contributed by atoms with Crippen molar-refractivity contribution in [2.45, 2.75) is 6.18 Å². The Kier molecular flexibility index (Phi) is 6.41. The van der Waals surface area contributed by atoms with Crippen LogP contribution < -0.4 is 9.47 Å². The molecule has 0 aliphatic rings. The fraction of sp³-hybridized carbons (Fsp3) is 0.0870. The Bertz CT molecular complexity index is 1020. The minimum Gasteiger partial charge on any atom is -0.486 e. The third-order valence-electron chi connectivity index (χ3n) is 4.06. The van der Waals surface area contributed by atoms with E-state index in [1.165, 1.54) is 24.3 Å². The smallest absolute Gasteiger partial charge is 0.416 e. The fourth-order valence-corrected chi connectivity index (χ4v) is 2.55. The number of para-hydroxylation sites is 2. The summed E-state index contributed by atoms with van der Waals surface area (Å²) in [7, 11) is 0. The van der Waals surface area contributed by atoms with E-state index in [4.69, 9.17) is 14.6 Å². The van der Waals surface area contributed by atoms with Gasteiger partial charge in [0.15, 0.2) is 11.5 Å². The summed E-state index contributed by atoms with van der Waals surface area (Å²) in [4.78, 5) is 10.9. The number of alkyl halides is 3. The van der Waals surface area contributed by atoms with Crippen molar-refractivity contribution < 1.29 is 32.5 Å². The zero-order chi connectivity index (χ0) is 21.6. The first-order chi connectivity index (χ1) is 14.3. The Labute approximate surface area is 170 Å². The molecular weight excluding hydrogens is 397 g/mol. The Hall–Kier alpha value is -3.74. The summed E-state index contributed by atoms with van der Waals surface area (Å²) in [5.41, 5.74) is 0.0771. The van der Waals surface area contributed by atoms with Crippen molar-refractivity contribution in [3.63, 3.8) is 0 Å². The molecule has 0 bridgehead atoms. The Balaban J connectivity index is 1.61. The van der Waals surface area contributed by atoms with Crippen molar-refractivity contribution in [2.75, 3.05) is 6.61 Å². The molecule has 0 atom stereocenters. The minimum absolute atomic E-state index is 0.153. The molecule has 0 aromatic heterocycles. The molecule has 0 aliphatic carbocycles. The van der Waals surface area contributed by atoms with Gasteiger partial charge < -0.3 is 14.6 Å². The van der Waals surface area contributed by atoms with E-state index >= 15 is 0 Å². The number of carboxylic acids is 1. The van der Waals surface area contributed by atoms with Crippen LogP contribution >= 0.6 is 0 Å². The zero-order valence-electron chi connectivity index (χ0n) is 15.6. The van der Waals surface area contributed by atoms with Gasteiger partial charge in [-0.3, -0.25) is 0 Å². The average Bonchev–Trinajstić information content (AvgIpc) is 2.72. The van der Waals surface area contributed by atoms with E-state index < -0.39 is 17.7 Å². The molecule has 0 aliphatic heterocycles. The number of carboxylic acid groups (broad SMARTS) is 1. The number of carbonyl (C=O) groups is 1. The van der Waals surface area contributed by atoms with E-state index in [0.29, 0.717) is 22.8 Å². The summed E-state index contributed by atoms with van der Waals surface area (Å²) in [6.07, 6.45) is -1.02. The number of rotatable bonds is 7. The molecule has 0 saturated carbocycles. The molecule has 3 aromatic carbocycles. The second-order valence-corrected chi connectivity index (χ2v) is 6.21. The maximum absolute atomic E-state index is 12.6. The van der Waals surface area contributed by atoms with Gasteiger partial charge in [-0.2, -0.15) is 13.2 Å². The maximum atomic E-state index is 12.6. The quantitative estimate of drug-likeness (QED) is 0.494. The summed E-state index contributed by atoms with van der Waals surface area (Å²) in [5.74, 6) is 0.349. The Morgan fingerprint density at radius 1 is 0.900 bits per heavy atom. The molecular formula is C23H17F3O4. The van der Waals surface area contributed by atoms with Crippen LogP contribution in [0.25, 0.3) is 6.08 Å². The molecule has 1 N–H and O–H groups in total. The first kappa shape index (κ1) is 21.0. The molecule has 3 rings (SSSR count). The lowest BCUT2D eigenvalue weighted by Gasteiger charge is -2.11. The Morgan fingerprint density at radius 3 is 2.13 bits per heavy atom. The van der Waals surface area contributed by atoms with Gasteiger partial charge >= 0.3 is 12.1 Å².